The Balaban J connectivity index is 1.86. The molecule has 0 radical (unpaired) electrons. The number of para-hydroxylation sites is 1. The average Bonchev–Trinajstić information content (AvgIpc) is 3.09. The standard InChI is InChI=1S/C21H29N3O4S2/c1-4-11-23(16-10-12-30(27,28)14-16)19(25)13-29-21-22-18-9-7-6-8-17(18)20(26)24(21)15(3)5-2/h6-9,15-16H,4-5,10-14H2,1-3H3. The Labute approximate surface area is 181 Å². The van der Waals surface area contributed by atoms with E-state index in [0.717, 1.165) is 12.8 Å². The summed E-state index contributed by atoms with van der Waals surface area (Å²) in [6.45, 7) is 6.48. The average molecular weight is 452 g/mol. The lowest BCUT2D eigenvalue weighted by atomic mass is 10.2. The van der Waals surface area contributed by atoms with Gasteiger partial charge in [-0.15, -0.1) is 0 Å². The highest BCUT2D eigenvalue weighted by molar-refractivity contribution is 7.99. The van der Waals surface area contributed by atoms with E-state index in [4.69, 9.17) is 0 Å². The van der Waals surface area contributed by atoms with Crippen molar-refractivity contribution in [2.24, 2.45) is 0 Å². The zero-order valence-corrected chi connectivity index (χ0v) is 19.3. The fraction of sp³-hybridized carbons (Fsp3) is 0.571. The van der Waals surface area contributed by atoms with Gasteiger partial charge < -0.3 is 4.90 Å². The largest absolute Gasteiger partial charge is 0.338 e. The van der Waals surface area contributed by atoms with Crippen LogP contribution in [-0.4, -0.2) is 58.6 Å². The highest BCUT2D eigenvalue weighted by Crippen LogP contribution is 2.24. The van der Waals surface area contributed by atoms with E-state index in [-0.39, 0.29) is 40.8 Å². The number of hydrogen-bond acceptors (Lipinski definition) is 6. The number of amides is 1. The van der Waals surface area contributed by atoms with E-state index in [0.29, 0.717) is 29.0 Å². The molecule has 1 aromatic carbocycles. The van der Waals surface area contributed by atoms with Crippen molar-refractivity contribution in [1.82, 2.24) is 14.5 Å². The molecular weight excluding hydrogens is 422 g/mol. The summed E-state index contributed by atoms with van der Waals surface area (Å²) >= 11 is 1.25. The lowest BCUT2D eigenvalue weighted by Gasteiger charge is -2.28. The predicted octanol–water partition coefficient (Wildman–Crippen LogP) is 2.89. The molecule has 2 heterocycles. The molecule has 1 saturated heterocycles. The number of sulfone groups is 1. The van der Waals surface area contributed by atoms with E-state index >= 15 is 0 Å². The maximum atomic E-state index is 13.1. The van der Waals surface area contributed by atoms with Crippen LogP contribution in [0.5, 0.6) is 0 Å². The molecule has 164 valence electrons. The van der Waals surface area contributed by atoms with Crippen LogP contribution in [0.3, 0.4) is 0 Å². The van der Waals surface area contributed by atoms with E-state index in [2.05, 4.69) is 4.98 Å². The van der Waals surface area contributed by atoms with Crippen molar-refractivity contribution < 1.29 is 13.2 Å². The monoisotopic (exact) mass is 451 g/mol. The molecule has 0 bridgehead atoms. The molecule has 0 spiro atoms. The van der Waals surface area contributed by atoms with E-state index in [1.807, 2.05) is 32.9 Å². The number of rotatable bonds is 8. The van der Waals surface area contributed by atoms with Crippen molar-refractivity contribution in [3.8, 4) is 0 Å². The van der Waals surface area contributed by atoms with E-state index in [1.165, 1.54) is 11.8 Å². The summed E-state index contributed by atoms with van der Waals surface area (Å²) in [6.07, 6.45) is 2.02. The number of nitrogens with zero attached hydrogens (tertiary/aromatic N) is 3. The first-order valence-corrected chi connectivity index (χ1v) is 13.2. The fourth-order valence-corrected chi connectivity index (χ4v) is 6.49. The van der Waals surface area contributed by atoms with E-state index in [9.17, 15) is 18.0 Å². The Morgan fingerprint density at radius 2 is 2.07 bits per heavy atom. The van der Waals surface area contributed by atoms with Gasteiger partial charge in [-0.25, -0.2) is 13.4 Å². The van der Waals surface area contributed by atoms with Crippen molar-refractivity contribution in [3.63, 3.8) is 0 Å². The van der Waals surface area contributed by atoms with Gasteiger partial charge in [-0.2, -0.15) is 0 Å². The zero-order chi connectivity index (χ0) is 21.9. The minimum absolute atomic E-state index is 0.0369. The summed E-state index contributed by atoms with van der Waals surface area (Å²) in [5.74, 6) is 0.187. The van der Waals surface area contributed by atoms with Crippen molar-refractivity contribution in [2.45, 2.75) is 57.3 Å². The van der Waals surface area contributed by atoms with Crippen LogP contribution in [0, 0.1) is 0 Å². The summed E-state index contributed by atoms with van der Waals surface area (Å²) in [7, 11) is -3.07. The second-order valence-electron chi connectivity index (χ2n) is 7.78. The van der Waals surface area contributed by atoms with Crippen LogP contribution < -0.4 is 5.56 Å². The SMILES string of the molecule is CCCN(C(=O)CSc1nc2ccccc2c(=O)n1C(C)CC)C1CCS(=O)(=O)C1. The number of carbonyl (C=O) groups excluding carboxylic acids is 1. The molecule has 1 fully saturated rings. The molecule has 0 saturated carbocycles. The molecule has 9 heteroatoms. The number of hydrogen-bond donors (Lipinski definition) is 0. The molecule has 1 amide bonds. The molecule has 7 nitrogen and oxygen atoms in total. The van der Waals surface area contributed by atoms with Crippen LogP contribution in [0.15, 0.2) is 34.2 Å². The third kappa shape index (κ3) is 4.88. The molecule has 3 rings (SSSR count). The van der Waals surface area contributed by atoms with Gasteiger partial charge in [0, 0.05) is 18.6 Å². The van der Waals surface area contributed by atoms with Crippen molar-refractivity contribution in [2.75, 3.05) is 23.8 Å². The third-order valence-electron chi connectivity index (χ3n) is 5.57. The summed E-state index contributed by atoms with van der Waals surface area (Å²) in [5.41, 5.74) is 0.515. The Kier molecular flexibility index (Phi) is 7.23. The summed E-state index contributed by atoms with van der Waals surface area (Å²) in [4.78, 5) is 32.4. The molecule has 1 aromatic heterocycles. The minimum Gasteiger partial charge on any atom is -0.338 e. The number of thioether (sulfide) groups is 1. The molecule has 0 N–H and O–H groups in total. The molecule has 30 heavy (non-hydrogen) atoms. The maximum absolute atomic E-state index is 13.1. The lowest BCUT2D eigenvalue weighted by molar-refractivity contribution is -0.130. The van der Waals surface area contributed by atoms with Crippen LogP contribution in [0.25, 0.3) is 10.9 Å². The molecule has 2 aromatic rings. The first-order chi connectivity index (χ1) is 14.3. The van der Waals surface area contributed by atoms with Gasteiger partial charge in [0.2, 0.25) is 5.91 Å². The zero-order valence-electron chi connectivity index (χ0n) is 17.7. The number of carbonyl (C=O) groups is 1. The van der Waals surface area contributed by atoms with Gasteiger partial charge in [-0.05, 0) is 38.3 Å². The Bertz CT molecular complexity index is 1080. The summed E-state index contributed by atoms with van der Waals surface area (Å²) in [6, 6.07) is 6.93. The topological polar surface area (TPSA) is 89.3 Å². The molecule has 0 aliphatic carbocycles. The van der Waals surface area contributed by atoms with Crippen molar-refractivity contribution in [1.29, 1.82) is 0 Å². The van der Waals surface area contributed by atoms with Gasteiger partial charge in [0.25, 0.3) is 5.56 Å². The van der Waals surface area contributed by atoms with Gasteiger partial charge >= 0.3 is 0 Å². The highest BCUT2D eigenvalue weighted by atomic mass is 32.2. The van der Waals surface area contributed by atoms with Crippen LogP contribution >= 0.6 is 11.8 Å². The second kappa shape index (κ2) is 9.51. The number of aromatic nitrogens is 2. The van der Waals surface area contributed by atoms with E-state index < -0.39 is 9.84 Å². The first-order valence-electron chi connectivity index (χ1n) is 10.4. The minimum atomic E-state index is -3.07. The van der Waals surface area contributed by atoms with Crippen LogP contribution in [0.1, 0.15) is 46.1 Å². The molecular formula is C21H29N3O4S2. The summed E-state index contributed by atoms with van der Waals surface area (Å²) in [5, 5.41) is 1.09. The Hall–Kier alpha value is -1.87. The van der Waals surface area contributed by atoms with Crippen LogP contribution in [-0.2, 0) is 14.6 Å². The first kappa shape index (κ1) is 22.8. The van der Waals surface area contributed by atoms with Crippen LogP contribution in [0.2, 0.25) is 0 Å². The lowest BCUT2D eigenvalue weighted by Crippen LogP contribution is -2.42. The smallest absolute Gasteiger partial charge is 0.262 e. The van der Waals surface area contributed by atoms with Gasteiger partial charge in [-0.3, -0.25) is 14.2 Å². The van der Waals surface area contributed by atoms with Crippen molar-refractivity contribution in [3.05, 3.63) is 34.6 Å². The third-order valence-corrected chi connectivity index (χ3v) is 8.25. The van der Waals surface area contributed by atoms with Gasteiger partial charge in [0.1, 0.15) is 0 Å². The molecule has 2 unspecified atom stereocenters. The van der Waals surface area contributed by atoms with Crippen molar-refractivity contribution >= 4 is 38.4 Å². The highest BCUT2D eigenvalue weighted by Gasteiger charge is 2.34. The molecule has 1 aliphatic heterocycles. The molecule has 2 atom stereocenters. The van der Waals surface area contributed by atoms with Crippen LogP contribution in [0.4, 0.5) is 0 Å². The Morgan fingerprint density at radius 1 is 1.33 bits per heavy atom. The summed E-state index contributed by atoms with van der Waals surface area (Å²) < 4.78 is 25.4. The normalized spacial score (nSPS) is 19.1. The van der Waals surface area contributed by atoms with Gasteiger partial charge in [0.15, 0.2) is 15.0 Å². The second-order valence-corrected chi connectivity index (χ2v) is 10.9. The predicted molar refractivity (Wildman–Crippen MR) is 121 cm³/mol. The quantitative estimate of drug-likeness (QED) is 0.453. The van der Waals surface area contributed by atoms with Gasteiger partial charge in [0.05, 0.1) is 28.2 Å². The fourth-order valence-electron chi connectivity index (χ4n) is 3.78. The Morgan fingerprint density at radius 3 is 2.70 bits per heavy atom. The number of benzene rings is 1. The van der Waals surface area contributed by atoms with E-state index in [1.54, 1.807) is 21.6 Å². The van der Waals surface area contributed by atoms with Gasteiger partial charge in [-0.1, -0.05) is 37.7 Å². The molecule has 1 aliphatic rings. The maximum Gasteiger partial charge on any atom is 0.262 e. The number of fused-ring (bicyclic) bond motifs is 1.